The second-order valence-electron chi connectivity index (χ2n) is 11.6. The third-order valence-electron chi connectivity index (χ3n) is 8.41. The van der Waals surface area contributed by atoms with E-state index in [2.05, 4.69) is 33.9 Å². The number of Topliss-reactive ketones (excluding diaryl/α,β-unsaturated/α-hetero) is 1. The van der Waals surface area contributed by atoms with Gasteiger partial charge in [-0.05, 0) is 72.2 Å². The van der Waals surface area contributed by atoms with Crippen molar-refractivity contribution >= 4 is 22.9 Å². The number of rotatable bonds is 8. The molecular formula is C33H37N5O3. The van der Waals surface area contributed by atoms with Crippen molar-refractivity contribution in [3.8, 4) is 22.4 Å². The van der Waals surface area contributed by atoms with Crippen LogP contribution in [0.4, 0.5) is 0 Å². The number of benzene rings is 2. The lowest BCUT2D eigenvalue weighted by atomic mass is 9.91. The van der Waals surface area contributed by atoms with E-state index in [0.717, 1.165) is 79.2 Å². The molecule has 0 saturated carbocycles. The predicted octanol–water partition coefficient (Wildman–Crippen LogP) is 5.05. The zero-order chi connectivity index (χ0) is 28.5. The van der Waals surface area contributed by atoms with E-state index in [9.17, 15) is 9.59 Å². The number of H-pyrrole nitrogens is 1. The number of fused-ring (bicyclic) bond motifs is 2. The van der Waals surface area contributed by atoms with E-state index in [4.69, 9.17) is 9.72 Å². The van der Waals surface area contributed by atoms with Gasteiger partial charge in [0.1, 0.15) is 11.3 Å². The SMILES string of the molecule is Cc1cc(-c2cnc3[nH]cc(-c4ccc(C(=O)N(C)C)cc4)c3n2)cc2c1CCN(CCC(=O)C[C@H]1CCOC1)C2. The van der Waals surface area contributed by atoms with E-state index < -0.39 is 0 Å². The van der Waals surface area contributed by atoms with Crippen LogP contribution < -0.4 is 0 Å². The van der Waals surface area contributed by atoms with E-state index >= 15 is 0 Å². The second-order valence-corrected chi connectivity index (χ2v) is 11.6. The molecule has 2 aliphatic rings. The summed E-state index contributed by atoms with van der Waals surface area (Å²) in [6.07, 6.45) is 7.00. The lowest BCUT2D eigenvalue weighted by molar-refractivity contribution is -0.120. The molecule has 4 heterocycles. The van der Waals surface area contributed by atoms with Gasteiger partial charge >= 0.3 is 0 Å². The van der Waals surface area contributed by atoms with Crippen molar-refractivity contribution in [1.29, 1.82) is 0 Å². The van der Waals surface area contributed by atoms with Gasteiger partial charge < -0.3 is 14.6 Å². The molecule has 2 aromatic carbocycles. The first kappa shape index (κ1) is 27.3. The Hall–Kier alpha value is -3.88. The fourth-order valence-electron chi connectivity index (χ4n) is 6.07. The average Bonchev–Trinajstić information content (AvgIpc) is 3.65. The van der Waals surface area contributed by atoms with Crippen molar-refractivity contribution < 1.29 is 14.3 Å². The molecule has 1 fully saturated rings. The molecule has 2 aromatic heterocycles. The van der Waals surface area contributed by atoms with Crippen molar-refractivity contribution in [2.75, 3.05) is 40.4 Å². The van der Waals surface area contributed by atoms with Crippen LogP contribution in [0.25, 0.3) is 33.5 Å². The second kappa shape index (κ2) is 11.5. The fourth-order valence-corrected chi connectivity index (χ4v) is 6.07. The Kier molecular flexibility index (Phi) is 7.69. The van der Waals surface area contributed by atoms with E-state index in [1.165, 1.54) is 16.7 Å². The molecule has 0 bridgehead atoms. The monoisotopic (exact) mass is 551 g/mol. The zero-order valence-electron chi connectivity index (χ0n) is 24.1. The van der Waals surface area contributed by atoms with Crippen LogP contribution in [-0.4, -0.2) is 76.8 Å². The van der Waals surface area contributed by atoms with Gasteiger partial charge in [-0.3, -0.25) is 14.5 Å². The summed E-state index contributed by atoms with van der Waals surface area (Å²) in [6, 6.07) is 12.1. The quantitative estimate of drug-likeness (QED) is 0.330. The summed E-state index contributed by atoms with van der Waals surface area (Å²) in [6.45, 7) is 6.31. The van der Waals surface area contributed by atoms with Crippen molar-refractivity contribution in [3.05, 3.63) is 71.0 Å². The first-order chi connectivity index (χ1) is 19.9. The van der Waals surface area contributed by atoms with Crippen molar-refractivity contribution in [3.63, 3.8) is 0 Å². The van der Waals surface area contributed by atoms with Gasteiger partial charge in [0.15, 0.2) is 5.65 Å². The maximum atomic E-state index is 12.6. The minimum atomic E-state index is -0.0234. The number of nitrogens with zero attached hydrogens (tertiary/aromatic N) is 4. The number of hydrogen-bond acceptors (Lipinski definition) is 6. The summed E-state index contributed by atoms with van der Waals surface area (Å²) in [5.74, 6) is 0.728. The van der Waals surface area contributed by atoms with Gasteiger partial charge in [0, 0.05) is 82.7 Å². The number of aromatic nitrogens is 3. The number of aromatic amines is 1. The highest BCUT2D eigenvalue weighted by Gasteiger charge is 2.23. The standard InChI is InChI=1S/C33H37N5O3/c1-21-14-25(16-26-19-38(12-9-28(21)26)11-8-27(39)15-22-10-13-41-20-22)30-18-35-32-31(36-30)29(17-34-32)23-4-6-24(7-5-23)33(40)37(2)3/h4-7,14,16-18,22H,8-13,15,19-20H2,1-3H3,(H,34,35)/t22-/m1/s1. The Morgan fingerprint density at radius 2 is 1.98 bits per heavy atom. The topological polar surface area (TPSA) is 91.4 Å². The van der Waals surface area contributed by atoms with Crippen LogP contribution in [0.1, 0.15) is 46.3 Å². The zero-order valence-corrected chi connectivity index (χ0v) is 24.1. The van der Waals surface area contributed by atoms with Gasteiger partial charge in [0.2, 0.25) is 0 Å². The number of nitrogens with one attached hydrogen (secondary N) is 1. The smallest absolute Gasteiger partial charge is 0.253 e. The molecule has 4 aromatic rings. The van der Waals surface area contributed by atoms with E-state index in [-0.39, 0.29) is 5.91 Å². The Balaban J connectivity index is 1.21. The van der Waals surface area contributed by atoms with Gasteiger partial charge in [-0.2, -0.15) is 0 Å². The molecule has 1 saturated heterocycles. The van der Waals surface area contributed by atoms with Crippen LogP contribution in [0.3, 0.4) is 0 Å². The summed E-state index contributed by atoms with van der Waals surface area (Å²) < 4.78 is 5.43. The molecule has 0 aliphatic carbocycles. The van der Waals surface area contributed by atoms with Crippen LogP contribution in [0, 0.1) is 12.8 Å². The number of carbonyl (C=O) groups is 2. The number of ketones is 1. The first-order valence-corrected chi connectivity index (χ1v) is 14.5. The molecule has 0 spiro atoms. The summed E-state index contributed by atoms with van der Waals surface area (Å²) >= 11 is 0. The van der Waals surface area contributed by atoms with Crippen molar-refractivity contribution in [1.82, 2.24) is 24.8 Å². The molecule has 212 valence electrons. The molecule has 0 radical (unpaired) electrons. The Bertz CT molecular complexity index is 1580. The number of aryl methyl sites for hydroxylation is 1. The van der Waals surface area contributed by atoms with Gasteiger partial charge in [-0.25, -0.2) is 9.97 Å². The number of amides is 1. The fraction of sp³-hybridized carbons (Fsp3) is 0.394. The summed E-state index contributed by atoms with van der Waals surface area (Å²) in [5, 5.41) is 0. The van der Waals surface area contributed by atoms with Gasteiger partial charge in [0.05, 0.1) is 11.9 Å². The number of carbonyl (C=O) groups excluding carboxylic acids is 2. The Morgan fingerprint density at radius 1 is 1.15 bits per heavy atom. The normalized spacial score (nSPS) is 17.1. The van der Waals surface area contributed by atoms with Crippen LogP contribution in [0.2, 0.25) is 0 Å². The van der Waals surface area contributed by atoms with Crippen LogP contribution in [-0.2, 0) is 22.5 Å². The summed E-state index contributed by atoms with van der Waals surface area (Å²) in [5.41, 5.74) is 9.97. The molecule has 2 aliphatic heterocycles. The molecular weight excluding hydrogens is 514 g/mol. The van der Waals surface area contributed by atoms with Crippen molar-refractivity contribution in [2.45, 2.75) is 39.2 Å². The maximum Gasteiger partial charge on any atom is 0.253 e. The lowest BCUT2D eigenvalue weighted by Crippen LogP contribution is -2.33. The van der Waals surface area contributed by atoms with E-state index in [0.29, 0.717) is 30.1 Å². The predicted molar refractivity (Wildman–Crippen MR) is 160 cm³/mol. The Morgan fingerprint density at radius 3 is 2.73 bits per heavy atom. The van der Waals surface area contributed by atoms with Crippen LogP contribution in [0.5, 0.6) is 0 Å². The number of hydrogen-bond donors (Lipinski definition) is 1. The summed E-state index contributed by atoms with van der Waals surface area (Å²) in [4.78, 5) is 41.8. The highest BCUT2D eigenvalue weighted by Crippen LogP contribution is 2.32. The first-order valence-electron chi connectivity index (χ1n) is 14.5. The van der Waals surface area contributed by atoms with E-state index in [1.54, 1.807) is 19.0 Å². The molecule has 1 amide bonds. The molecule has 1 atom stereocenters. The number of ether oxygens (including phenoxy) is 1. The lowest BCUT2D eigenvalue weighted by Gasteiger charge is -2.30. The third-order valence-corrected chi connectivity index (χ3v) is 8.41. The maximum absolute atomic E-state index is 12.6. The molecule has 1 N–H and O–H groups in total. The largest absolute Gasteiger partial charge is 0.381 e. The minimum absolute atomic E-state index is 0.0234. The highest BCUT2D eigenvalue weighted by atomic mass is 16.5. The van der Waals surface area contributed by atoms with Gasteiger partial charge in [-0.15, -0.1) is 0 Å². The Labute approximate surface area is 240 Å². The molecule has 8 heteroatoms. The van der Waals surface area contributed by atoms with Crippen LogP contribution >= 0.6 is 0 Å². The van der Waals surface area contributed by atoms with Gasteiger partial charge in [0.25, 0.3) is 5.91 Å². The highest BCUT2D eigenvalue weighted by molar-refractivity contribution is 5.96. The minimum Gasteiger partial charge on any atom is -0.381 e. The van der Waals surface area contributed by atoms with Crippen LogP contribution in [0.15, 0.2) is 48.8 Å². The molecule has 41 heavy (non-hydrogen) atoms. The van der Waals surface area contributed by atoms with Gasteiger partial charge in [-0.1, -0.05) is 12.1 Å². The summed E-state index contributed by atoms with van der Waals surface area (Å²) in [7, 11) is 3.50. The van der Waals surface area contributed by atoms with Crippen molar-refractivity contribution in [2.24, 2.45) is 5.92 Å². The third kappa shape index (κ3) is 5.80. The molecule has 0 unspecified atom stereocenters. The molecule has 8 nitrogen and oxygen atoms in total. The average molecular weight is 552 g/mol. The van der Waals surface area contributed by atoms with E-state index in [1.807, 2.05) is 36.7 Å². The molecule has 6 rings (SSSR count).